The molecule has 11 heteroatoms. The first kappa shape index (κ1) is 23.8. The highest BCUT2D eigenvalue weighted by atomic mass is 32.2. The van der Waals surface area contributed by atoms with Gasteiger partial charge in [0, 0.05) is 12.1 Å². The number of carbonyl (C=O) groups excluding carboxylic acids is 4. The van der Waals surface area contributed by atoms with Crippen molar-refractivity contribution in [3.05, 3.63) is 52.2 Å². The Kier molecular flexibility index (Phi) is 7.54. The number of hydrogen-bond acceptors (Lipinski definition) is 8. The van der Waals surface area contributed by atoms with E-state index in [0.717, 1.165) is 15.6 Å². The summed E-state index contributed by atoms with van der Waals surface area (Å²) in [6.45, 7) is 0.803. The number of imide groups is 1. The standard InChI is InChI=1S/C21H22N2O7S2/c1-14(24)15-7-9-16(10-8-15)32(28,29)23-11-3-2-5-17(23)21(27)30-13-19(25)22-20(26)18-6-4-12-31-18/h4,6-10,12,17H,2-3,5,11,13H2,1H3,(H,22,25,26). The number of rotatable bonds is 7. The van der Waals surface area contributed by atoms with Gasteiger partial charge in [-0.3, -0.25) is 24.5 Å². The van der Waals surface area contributed by atoms with Crippen molar-refractivity contribution in [2.75, 3.05) is 13.2 Å². The van der Waals surface area contributed by atoms with Crippen LogP contribution in [0.25, 0.3) is 0 Å². The largest absolute Gasteiger partial charge is 0.454 e. The van der Waals surface area contributed by atoms with Crippen LogP contribution in [0.2, 0.25) is 0 Å². The lowest BCUT2D eigenvalue weighted by molar-refractivity contribution is -0.153. The highest BCUT2D eigenvalue weighted by molar-refractivity contribution is 7.89. The number of nitrogens with zero attached hydrogens (tertiary/aromatic N) is 1. The molecule has 1 saturated heterocycles. The predicted octanol–water partition coefficient (Wildman–Crippen LogP) is 1.99. The Hall–Kier alpha value is -2.89. The minimum Gasteiger partial charge on any atom is -0.454 e. The Labute approximate surface area is 189 Å². The van der Waals surface area contributed by atoms with Crippen LogP contribution < -0.4 is 5.32 Å². The molecule has 0 spiro atoms. The van der Waals surface area contributed by atoms with Gasteiger partial charge < -0.3 is 4.74 Å². The summed E-state index contributed by atoms with van der Waals surface area (Å²) in [5, 5.41) is 3.80. The molecule has 9 nitrogen and oxygen atoms in total. The molecule has 2 amide bonds. The van der Waals surface area contributed by atoms with Gasteiger partial charge in [-0.15, -0.1) is 11.3 Å². The summed E-state index contributed by atoms with van der Waals surface area (Å²) >= 11 is 1.16. The Morgan fingerprint density at radius 1 is 1.12 bits per heavy atom. The van der Waals surface area contributed by atoms with E-state index < -0.39 is 40.5 Å². The van der Waals surface area contributed by atoms with Crippen LogP contribution in [-0.4, -0.2) is 55.5 Å². The first-order chi connectivity index (χ1) is 15.2. The van der Waals surface area contributed by atoms with Crippen molar-refractivity contribution in [2.24, 2.45) is 0 Å². The highest BCUT2D eigenvalue weighted by Gasteiger charge is 2.38. The maximum atomic E-state index is 13.1. The second-order valence-corrected chi connectivity index (χ2v) is 10.0. The molecule has 0 aliphatic carbocycles. The maximum Gasteiger partial charge on any atom is 0.324 e. The topological polar surface area (TPSA) is 127 Å². The number of ether oxygens (including phenoxy) is 1. The molecule has 170 valence electrons. The quantitative estimate of drug-likeness (QED) is 0.476. The Bertz CT molecular complexity index is 1110. The number of sulfonamides is 1. The zero-order valence-electron chi connectivity index (χ0n) is 17.3. The van der Waals surface area contributed by atoms with Crippen molar-refractivity contribution in [1.82, 2.24) is 9.62 Å². The second kappa shape index (κ2) is 10.2. The molecule has 3 rings (SSSR count). The molecule has 0 saturated carbocycles. The molecule has 2 heterocycles. The zero-order valence-corrected chi connectivity index (χ0v) is 18.9. The van der Waals surface area contributed by atoms with Gasteiger partial charge in [-0.25, -0.2) is 8.42 Å². The highest BCUT2D eigenvalue weighted by Crippen LogP contribution is 2.26. The van der Waals surface area contributed by atoms with E-state index in [2.05, 4.69) is 5.32 Å². The van der Waals surface area contributed by atoms with Gasteiger partial charge in [-0.2, -0.15) is 4.31 Å². The summed E-state index contributed by atoms with van der Waals surface area (Å²) in [5.74, 6) is -2.45. The minimum absolute atomic E-state index is 0.0403. The van der Waals surface area contributed by atoms with Crippen LogP contribution in [-0.2, 0) is 24.3 Å². The molecule has 0 radical (unpaired) electrons. The number of esters is 1. The van der Waals surface area contributed by atoms with E-state index in [0.29, 0.717) is 23.3 Å². The van der Waals surface area contributed by atoms with Crippen LogP contribution in [0.3, 0.4) is 0 Å². The molecule has 1 atom stereocenters. The fraction of sp³-hybridized carbons (Fsp3) is 0.333. The number of piperidine rings is 1. The number of nitrogens with one attached hydrogen (secondary N) is 1. The molecule has 2 aromatic rings. The van der Waals surface area contributed by atoms with Gasteiger partial charge in [-0.1, -0.05) is 18.2 Å². The summed E-state index contributed by atoms with van der Waals surface area (Å²) in [6.07, 6.45) is 1.45. The molecule has 1 aliphatic heterocycles. The van der Waals surface area contributed by atoms with Gasteiger partial charge >= 0.3 is 5.97 Å². The molecule has 0 bridgehead atoms. The van der Waals surface area contributed by atoms with Crippen molar-refractivity contribution in [3.8, 4) is 0 Å². The van der Waals surface area contributed by atoms with Crippen LogP contribution in [0.15, 0.2) is 46.7 Å². The van der Waals surface area contributed by atoms with E-state index >= 15 is 0 Å². The summed E-state index contributed by atoms with van der Waals surface area (Å²) in [5.41, 5.74) is 0.377. The molecule has 32 heavy (non-hydrogen) atoms. The molecular weight excluding hydrogens is 456 g/mol. The zero-order chi connectivity index (χ0) is 23.3. The molecule has 1 aromatic heterocycles. The lowest BCUT2D eigenvalue weighted by Crippen LogP contribution is -2.49. The first-order valence-electron chi connectivity index (χ1n) is 9.87. The lowest BCUT2D eigenvalue weighted by Gasteiger charge is -2.32. The molecule has 1 N–H and O–H groups in total. The monoisotopic (exact) mass is 478 g/mol. The van der Waals surface area contributed by atoms with Crippen molar-refractivity contribution < 1.29 is 32.3 Å². The molecular formula is C21H22N2O7S2. The Morgan fingerprint density at radius 3 is 2.47 bits per heavy atom. The SMILES string of the molecule is CC(=O)c1ccc(S(=O)(=O)N2CCCCC2C(=O)OCC(=O)NC(=O)c2cccs2)cc1. The maximum absolute atomic E-state index is 13.1. The summed E-state index contributed by atoms with van der Waals surface area (Å²) in [6, 6.07) is 7.62. The van der Waals surface area contributed by atoms with Gasteiger partial charge in [0.25, 0.3) is 11.8 Å². The summed E-state index contributed by atoms with van der Waals surface area (Å²) in [4.78, 5) is 48.2. The molecule has 1 unspecified atom stereocenters. The number of amides is 2. The lowest BCUT2D eigenvalue weighted by atomic mass is 10.1. The van der Waals surface area contributed by atoms with Gasteiger partial charge in [0.15, 0.2) is 12.4 Å². The second-order valence-electron chi connectivity index (χ2n) is 7.17. The van der Waals surface area contributed by atoms with Crippen molar-refractivity contribution in [1.29, 1.82) is 0 Å². The van der Waals surface area contributed by atoms with Gasteiger partial charge in [-0.05, 0) is 49.8 Å². The van der Waals surface area contributed by atoms with Crippen molar-refractivity contribution in [3.63, 3.8) is 0 Å². The third kappa shape index (κ3) is 5.47. The van der Waals surface area contributed by atoms with E-state index in [-0.39, 0.29) is 23.6 Å². The number of carbonyl (C=O) groups is 4. The number of benzene rings is 1. The van der Waals surface area contributed by atoms with Crippen LogP contribution in [0.4, 0.5) is 0 Å². The Balaban J connectivity index is 1.66. The average Bonchev–Trinajstić information content (AvgIpc) is 3.32. The molecule has 1 aliphatic rings. The van der Waals surface area contributed by atoms with Gasteiger partial charge in [0.05, 0.1) is 9.77 Å². The van der Waals surface area contributed by atoms with Gasteiger partial charge in [0.1, 0.15) is 6.04 Å². The summed E-state index contributed by atoms with van der Waals surface area (Å²) in [7, 11) is -4.02. The minimum atomic E-state index is -4.02. The normalized spacial score (nSPS) is 16.8. The van der Waals surface area contributed by atoms with Crippen LogP contribution >= 0.6 is 11.3 Å². The number of thiophene rings is 1. The van der Waals surface area contributed by atoms with Crippen LogP contribution in [0.1, 0.15) is 46.2 Å². The van der Waals surface area contributed by atoms with E-state index in [1.807, 2.05) is 0 Å². The molecule has 1 aromatic carbocycles. The fourth-order valence-corrected chi connectivity index (χ4v) is 5.56. The fourth-order valence-electron chi connectivity index (χ4n) is 3.29. The van der Waals surface area contributed by atoms with Crippen LogP contribution in [0, 0.1) is 0 Å². The van der Waals surface area contributed by atoms with E-state index in [9.17, 15) is 27.6 Å². The number of ketones is 1. The average molecular weight is 479 g/mol. The predicted molar refractivity (Wildman–Crippen MR) is 116 cm³/mol. The third-order valence-electron chi connectivity index (χ3n) is 4.94. The molecule has 1 fully saturated rings. The smallest absolute Gasteiger partial charge is 0.324 e. The third-order valence-corrected chi connectivity index (χ3v) is 7.73. The number of hydrogen-bond donors (Lipinski definition) is 1. The van der Waals surface area contributed by atoms with E-state index in [4.69, 9.17) is 4.74 Å². The van der Waals surface area contributed by atoms with Gasteiger partial charge in [0.2, 0.25) is 10.0 Å². The summed E-state index contributed by atoms with van der Waals surface area (Å²) < 4.78 is 32.3. The van der Waals surface area contributed by atoms with Crippen molar-refractivity contribution >= 4 is 44.9 Å². The van der Waals surface area contributed by atoms with Crippen LogP contribution in [0.5, 0.6) is 0 Å². The first-order valence-corrected chi connectivity index (χ1v) is 12.2. The van der Waals surface area contributed by atoms with Crippen molar-refractivity contribution in [2.45, 2.75) is 37.1 Å². The number of Topliss-reactive ketones (excluding diaryl/α,β-unsaturated/α-hetero) is 1. The Morgan fingerprint density at radius 2 is 1.84 bits per heavy atom. The van der Waals surface area contributed by atoms with E-state index in [1.54, 1.807) is 17.5 Å². The van der Waals surface area contributed by atoms with E-state index in [1.165, 1.54) is 31.2 Å².